The molecular weight excluding hydrogens is 358 g/mol. The van der Waals surface area contributed by atoms with Crippen molar-refractivity contribution in [2.75, 3.05) is 38.1 Å². The number of carbonyl (C=O) groups excluding carboxylic acids is 3. The minimum absolute atomic E-state index is 0.0363. The van der Waals surface area contributed by atoms with Gasteiger partial charge < -0.3 is 19.9 Å². The van der Waals surface area contributed by atoms with Gasteiger partial charge >= 0.3 is 12.1 Å². The Morgan fingerprint density at radius 2 is 1.92 bits per heavy atom. The van der Waals surface area contributed by atoms with Crippen LogP contribution in [0.1, 0.15) is 25.5 Å². The zero-order valence-corrected chi connectivity index (χ0v) is 15.5. The summed E-state index contributed by atoms with van der Waals surface area (Å²) in [6.45, 7) is 3.86. The van der Waals surface area contributed by atoms with E-state index in [0.717, 1.165) is 12.8 Å². The molecule has 0 unspecified atom stereocenters. The second-order valence-electron chi connectivity index (χ2n) is 6.27. The maximum Gasteiger partial charge on any atom is 0.409 e. The molecule has 1 saturated carbocycles. The van der Waals surface area contributed by atoms with E-state index in [1.165, 1.54) is 11.3 Å². The number of hydrogen-bond donors (Lipinski definition) is 2. The third-order valence-corrected chi connectivity index (χ3v) is 4.95. The summed E-state index contributed by atoms with van der Waals surface area (Å²) in [7, 11) is 0. The van der Waals surface area contributed by atoms with Gasteiger partial charge in [0.15, 0.2) is 5.13 Å². The summed E-state index contributed by atoms with van der Waals surface area (Å²) in [5, 5.41) is 7.92. The van der Waals surface area contributed by atoms with E-state index in [1.807, 2.05) is 0 Å². The largest absolute Gasteiger partial charge is 0.450 e. The van der Waals surface area contributed by atoms with Gasteiger partial charge in [0.1, 0.15) is 0 Å². The van der Waals surface area contributed by atoms with Crippen LogP contribution in [0.25, 0.3) is 0 Å². The van der Waals surface area contributed by atoms with Gasteiger partial charge in [-0.25, -0.2) is 14.6 Å². The van der Waals surface area contributed by atoms with Crippen molar-refractivity contribution in [1.82, 2.24) is 20.1 Å². The van der Waals surface area contributed by atoms with E-state index in [2.05, 4.69) is 15.6 Å². The van der Waals surface area contributed by atoms with E-state index in [9.17, 15) is 14.4 Å². The smallest absolute Gasteiger partial charge is 0.409 e. The number of nitrogens with zero attached hydrogens (tertiary/aromatic N) is 3. The van der Waals surface area contributed by atoms with Crippen molar-refractivity contribution < 1.29 is 19.1 Å². The average Bonchev–Trinajstić information content (AvgIpc) is 3.33. The summed E-state index contributed by atoms with van der Waals surface area (Å²) in [5.41, 5.74) is 0.649. The van der Waals surface area contributed by atoms with Crippen LogP contribution in [0.15, 0.2) is 5.38 Å². The number of ether oxygens (including phenoxy) is 1. The molecule has 4 amide bonds. The third kappa shape index (κ3) is 5.07. The molecule has 142 valence electrons. The first-order valence-electron chi connectivity index (χ1n) is 8.76. The highest BCUT2D eigenvalue weighted by Crippen LogP contribution is 2.20. The van der Waals surface area contributed by atoms with E-state index < -0.39 is 0 Å². The molecule has 0 aromatic carbocycles. The molecule has 2 N–H and O–H groups in total. The Morgan fingerprint density at radius 1 is 1.23 bits per heavy atom. The van der Waals surface area contributed by atoms with Crippen molar-refractivity contribution >= 4 is 34.5 Å². The summed E-state index contributed by atoms with van der Waals surface area (Å²) in [4.78, 5) is 43.3. The van der Waals surface area contributed by atoms with Crippen molar-refractivity contribution in [3.05, 3.63) is 11.1 Å². The van der Waals surface area contributed by atoms with Crippen LogP contribution in [0.4, 0.5) is 14.7 Å². The third-order valence-electron chi connectivity index (χ3n) is 4.14. The Kier molecular flexibility index (Phi) is 5.92. The maximum atomic E-state index is 12.3. The molecular formula is C16H23N5O4S. The van der Waals surface area contributed by atoms with Gasteiger partial charge in [-0.05, 0) is 19.8 Å². The topological polar surface area (TPSA) is 104 Å². The summed E-state index contributed by atoms with van der Waals surface area (Å²) in [6.07, 6.45) is 1.98. The minimum atomic E-state index is -0.346. The molecule has 0 radical (unpaired) electrons. The molecule has 3 rings (SSSR count). The van der Waals surface area contributed by atoms with Crippen LogP contribution in [0.5, 0.6) is 0 Å². The highest BCUT2D eigenvalue weighted by molar-refractivity contribution is 7.13. The molecule has 0 spiro atoms. The zero-order chi connectivity index (χ0) is 18.5. The number of piperazine rings is 1. The second kappa shape index (κ2) is 8.35. The maximum absolute atomic E-state index is 12.3. The Balaban J connectivity index is 1.43. The van der Waals surface area contributed by atoms with E-state index in [1.54, 1.807) is 22.1 Å². The Bertz CT molecular complexity index is 667. The number of thiazole rings is 1. The highest BCUT2D eigenvalue weighted by atomic mass is 32.1. The van der Waals surface area contributed by atoms with Crippen LogP contribution < -0.4 is 10.6 Å². The lowest BCUT2D eigenvalue weighted by Gasteiger charge is -2.33. The molecule has 1 saturated heterocycles. The fraction of sp³-hybridized carbons (Fsp3) is 0.625. The molecule has 1 aromatic heterocycles. The van der Waals surface area contributed by atoms with Crippen LogP contribution in [-0.4, -0.2) is 71.6 Å². The minimum Gasteiger partial charge on any atom is -0.450 e. The molecule has 1 aromatic rings. The molecule has 2 aliphatic rings. The number of aromatic nitrogens is 1. The highest BCUT2D eigenvalue weighted by Gasteiger charge is 2.26. The van der Waals surface area contributed by atoms with Gasteiger partial charge in [-0.15, -0.1) is 11.3 Å². The lowest BCUT2D eigenvalue weighted by atomic mass is 10.3. The molecule has 26 heavy (non-hydrogen) atoms. The van der Waals surface area contributed by atoms with Gasteiger partial charge in [-0.1, -0.05) is 0 Å². The number of rotatable bonds is 5. The van der Waals surface area contributed by atoms with Crippen molar-refractivity contribution in [3.8, 4) is 0 Å². The van der Waals surface area contributed by atoms with Crippen molar-refractivity contribution in [1.29, 1.82) is 0 Å². The van der Waals surface area contributed by atoms with Crippen molar-refractivity contribution in [3.63, 3.8) is 0 Å². The number of amides is 4. The molecule has 0 atom stereocenters. The first-order chi connectivity index (χ1) is 12.5. The normalized spacial score (nSPS) is 17.0. The molecule has 10 heteroatoms. The van der Waals surface area contributed by atoms with Crippen molar-refractivity contribution in [2.45, 2.75) is 32.2 Å². The monoisotopic (exact) mass is 381 g/mol. The lowest BCUT2D eigenvalue weighted by molar-refractivity contribution is -0.120. The zero-order valence-electron chi connectivity index (χ0n) is 14.7. The number of urea groups is 1. The summed E-state index contributed by atoms with van der Waals surface area (Å²) >= 11 is 1.30. The molecule has 2 heterocycles. The number of anilines is 1. The van der Waals surface area contributed by atoms with Crippen LogP contribution >= 0.6 is 11.3 Å². The van der Waals surface area contributed by atoms with E-state index in [4.69, 9.17) is 4.74 Å². The summed E-state index contributed by atoms with van der Waals surface area (Å²) < 4.78 is 4.96. The van der Waals surface area contributed by atoms with Gasteiger partial charge in [0.25, 0.3) is 0 Å². The van der Waals surface area contributed by atoms with Crippen molar-refractivity contribution in [2.24, 2.45) is 0 Å². The molecule has 9 nitrogen and oxygen atoms in total. The Labute approximate surface area is 155 Å². The van der Waals surface area contributed by atoms with Gasteiger partial charge in [0.05, 0.1) is 18.7 Å². The number of carbonyl (C=O) groups is 3. The van der Waals surface area contributed by atoms with Crippen LogP contribution in [0, 0.1) is 0 Å². The molecule has 2 fully saturated rings. The Morgan fingerprint density at radius 3 is 2.58 bits per heavy atom. The van der Waals surface area contributed by atoms with E-state index >= 15 is 0 Å². The quantitative estimate of drug-likeness (QED) is 0.799. The van der Waals surface area contributed by atoms with Gasteiger partial charge in [-0.3, -0.25) is 10.1 Å². The fourth-order valence-electron chi connectivity index (χ4n) is 2.59. The SMILES string of the molecule is CCOC(=O)N1CCN(C(=O)Nc2nc(CC(=O)NC3CC3)cs2)CC1. The van der Waals surface area contributed by atoms with Crippen LogP contribution in [0.3, 0.4) is 0 Å². The van der Waals surface area contributed by atoms with Crippen LogP contribution in [0.2, 0.25) is 0 Å². The molecule has 1 aliphatic carbocycles. The molecule has 1 aliphatic heterocycles. The second-order valence-corrected chi connectivity index (χ2v) is 7.12. The van der Waals surface area contributed by atoms with E-state index in [0.29, 0.717) is 49.7 Å². The predicted molar refractivity (Wildman–Crippen MR) is 96.2 cm³/mol. The number of hydrogen-bond acceptors (Lipinski definition) is 6. The summed E-state index contributed by atoms with van der Waals surface area (Å²) in [6, 6.07) is 0.0745. The fourth-order valence-corrected chi connectivity index (χ4v) is 3.29. The lowest BCUT2D eigenvalue weighted by Crippen LogP contribution is -2.51. The van der Waals surface area contributed by atoms with Crippen LogP contribution in [-0.2, 0) is 16.0 Å². The van der Waals surface area contributed by atoms with Gasteiger partial charge in [0, 0.05) is 37.6 Å². The van der Waals surface area contributed by atoms with E-state index in [-0.39, 0.29) is 24.5 Å². The standard InChI is InChI=1S/C16H23N5O4S/c1-2-25-16(24)21-7-5-20(6-8-21)15(23)19-14-18-12(10-26-14)9-13(22)17-11-3-4-11/h10-11H,2-9H2,1H3,(H,17,22)(H,18,19,23). The van der Waals surface area contributed by atoms with Gasteiger partial charge in [0.2, 0.25) is 5.91 Å². The predicted octanol–water partition coefficient (Wildman–Crippen LogP) is 1.27. The first kappa shape index (κ1) is 18.4. The Hall–Kier alpha value is -2.36. The summed E-state index contributed by atoms with van der Waals surface area (Å²) in [5.74, 6) is -0.0363. The molecule has 0 bridgehead atoms. The first-order valence-corrected chi connectivity index (χ1v) is 9.64. The average molecular weight is 381 g/mol. The number of nitrogens with one attached hydrogen (secondary N) is 2. The van der Waals surface area contributed by atoms with Gasteiger partial charge in [-0.2, -0.15) is 0 Å².